The van der Waals surface area contributed by atoms with E-state index in [0.717, 1.165) is 76.8 Å². The van der Waals surface area contributed by atoms with Crippen molar-refractivity contribution in [1.29, 1.82) is 0 Å². The molecule has 0 heterocycles. The molecule has 0 aliphatic carbocycles. The summed E-state index contributed by atoms with van der Waals surface area (Å²) >= 11 is 8.36. The zero-order valence-corrected chi connectivity index (χ0v) is 15.5. The van der Waals surface area contributed by atoms with E-state index in [9.17, 15) is 0 Å². The summed E-state index contributed by atoms with van der Waals surface area (Å²) in [5, 5.41) is 0. The van der Waals surface area contributed by atoms with Crippen LogP contribution >= 0.6 is 25.3 Å². The molecule has 0 aromatic rings. The molecule has 0 N–H and O–H groups in total. The van der Waals surface area contributed by atoms with Crippen molar-refractivity contribution in [1.82, 2.24) is 0 Å². The zero-order chi connectivity index (χ0) is 15.8. The van der Waals surface area contributed by atoms with Crippen LogP contribution in [0.25, 0.3) is 0 Å². The minimum absolute atomic E-state index is 0.493. The fraction of sp³-hybridized carbons (Fsp3) is 1.00. The highest BCUT2D eigenvalue weighted by atomic mass is 32.1. The summed E-state index contributed by atoms with van der Waals surface area (Å²) in [4.78, 5) is 0. The van der Waals surface area contributed by atoms with Crippen molar-refractivity contribution in [2.45, 2.75) is 39.5 Å². The van der Waals surface area contributed by atoms with Crippen molar-refractivity contribution in [3.63, 3.8) is 0 Å². The van der Waals surface area contributed by atoms with Crippen LogP contribution in [0.4, 0.5) is 0 Å². The minimum atomic E-state index is 0.493. The number of thiol groups is 2. The van der Waals surface area contributed by atoms with Crippen LogP contribution in [0.15, 0.2) is 0 Å². The highest BCUT2D eigenvalue weighted by molar-refractivity contribution is 7.80. The topological polar surface area (TPSA) is 27.7 Å². The lowest BCUT2D eigenvalue weighted by molar-refractivity contribution is 0.00500. The summed E-state index contributed by atoms with van der Waals surface area (Å²) in [6.07, 6.45) is 4.22. The van der Waals surface area contributed by atoms with Crippen molar-refractivity contribution >= 4 is 25.3 Å². The molecule has 0 rings (SSSR count). The van der Waals surface area contributed by atoms with Gasteiger partial charge >= 0.3 is 0 Å². The predicted octanol–water partition coefficient (Wildman–Crippen LogP) is 3.73. The lowest BCUT2D eigenvalue weighted by Gasteiger charge is -2.19. The summed E-state index contributed by atoms with van der Waals surface area (Å²) in [5.41, 5.74) is 0. The van der Waals surface area contributed by atoms with Gasteiger partial charge < -0.3 is 14.2 Å². The second-order valence-electron chi connectivity index (χ2n) is 5.39. The van der Waals surface area contributed by atoms with E-state index in [1.807, 2.05) is 0 Å². The van der Waals surface area contributed by atoms with E-state index in [4.69, 9.17) is 14.2 Å². The van der Waals surface area contributed by atoms with Crippen LogP contribution in [0.1, 0.15) is 39.5 Å². The fourth-order valence-electron chi connectivity index (χ4n) is 1.80. The summed E-state index contributed by atoms with van der Waals surface area (Å²) in [6, 6.07) is 0. The zero-order valence-electron chi connectivity index (χ0n) is 13.8. The Morgan fingerprint density at radius 3 is 1.38 bits per heavy atom. The molecule has 0 saturated carbocycles. The second kappa shape index (κ2) is 16.9. The van der Waals surface area contributed by atoms with Gasteiger partial charge in [-0.1, -0.05) is 13.8 Å². The second-order valence-corrected chi connectivity index (χ2v) is 6.28. The molecule has 0 aromatic heterocycles. The fourth-order valence-corrected chi connectivity index (χ4v) is 2.06. The Morgan fingerprint density at radius 2 is 1.05 bits per heavy atom. The molecule has 128 valence electrons. The molecule has 0 fully saturated rings. The van der Waals surface area contributed by atoms with Crippen LogP contribution in [-0.4, -0.2) is 51.1 Å². The third kappa shape index (κ3) is 13.9. The maximum Gasteiger partial charge on any atom is 0.0516 e. The van der Waals surface area contributed by atoms with Gasteiger partial charge in [0.05, 0.1) is 26.4 Å². The molecule has 0 amide bonds. The molecule has 3 nitrogen and oxygen atoms in total. The minimum Gasteiger partial charge on any atom is -0.381 e. The van der Waals surface area contributed by atoms with E-state index in [-0.39, 0.29) is 0 Å². The van der Waals surface area contributed by atoms with Gasteiger partial charge in [-0.15, -0.1) is 0 Å². The van der Waals surface area contributed by atoms with Crippen molar-refractivity contribution in [3.05, 3.63) is 0 Å². The van der Waals surface area contributed by atoms with Crippen molar-refractivity contribution in [3.8, 4) is 0 Å². The average molecular weight is 339 g/mol. The number of hydrogen-bond acceptors (Lipinski definition) is 5. The van der Waals surface area contributed by atoms with Crippen LogP contribution < -0.4 is 0 Å². The van der Waals surface area contributed by atoms with Crippen molar-refractivity contribution in [2.24, 2.45) is 11.8 Å². The van der Waals surface area contributed by atoms with Gasteiger partial charge in [0.15, 0.2) is 0 Å². The quantitative estimate of drug-likeness (QED) is 0.332. The van der Waals surface area contributed by atoms with Crippen LogP contribution in [0.2, 0.25) is 0 Å². The largest absolute Gasteiger partial charge is 0.381 e. The Kier molecular flexibility index (Phi) is 17.4. The molecule has 21 heavy (non-hydrogen) atoms. The van der Waals surface area contributed by atoms with Gasteiger partial charge in [-0.2, -0.15) is 25.3 Å². The molecule has 0 aliphatic heterocycles. The summed E-state index contributed by atoms with van der Waals surface area (Å²) in [5.74, 6) is 2.76. The third-order valence-electron chi connectivity index (χ3n) is 3.46. The predicted molar refractivity (Wildman–Crippen MR) is 97.0 cm³/mol. The lowest BCUT2D eigenvalue weighted by atomic mass is 10.1. The smallest absolute Gasteiger partial charge is 0.0516 e. The summed E-state index contributed by atoms with van der Waals surface area (Å²) in [6.45, 7) is 9.13. The van der Waals surface area contributed by atoms with Gasteiger partial charge in [-0.25, -0.2) is 0 Å². The first kappa shape index (κ1) is 21.6. The molecule has 2 atom stereocenters. The summed E-state index contributed by atoms with van der Waals surface area (Å²) < 4.78 is 17.1. The molecule has 0 bridgehead atoms. The summed E-state index contributed by atoms with van der Waals surface area (Å²) in [7, 11) is 0. The van der Waals surface area contributed by atoms with Crippen LogP contribution in [0.3, 0.4) is 0 Å². The molecular formula is C16H34O3S2. The average Bonchev–Trinajstić information content (AvgIpc) is 2.51. The Morgan fingerprint density at radius 1 is 0.667 bits per heavy atom. The molecule has 0 saturated heterocycles. The van der Waals surface area contributed by atoms with Crippen LogP contribution in [0, 0.1) is 11.8 Å². The molecule has 2 unspecified atom stereocenters. The van der Waals surface area contributed by atoms with E-state index >= 15 is 0 Å². The van der Waals surface area contributed by atoms with E-state index in [0.29, 0.717) is 11.8 Å². The standard InChI is InChI=1S/C16H34O3S2/c1-3-15(11-17-7-5-9-20)13-19-14-16(4-2)12-18-8-6-10-21/h15-16,20-21H,3-14H2,1-2H3. The Labute approximate surface area is 142 Å². The Hall–Kier alpha value is 0.580. The van der Waals surface area contributed by atoms with Crippen LogP contribution in [0.5, 0.6) is 0 Å². The van der Waals surface area contributed by atoms with Crippen molar-refractivity contribution < 1.29 is 14.2 Å². The van der Waals surface area contributed by atoms with Gasteiger partial charge in [0.1, 0.15) is 0 Å². The molecule has 5 heteroatoms. The maximum absolute atomic E-state index is 5.86. The molecule has 0 aliphatic rings. The first-order valence-electron chi connectivity index (χ1n) is 8.23. The van der Waals surface area contributed by atoms with Crippen molar-refractivity contribution in [2.75, 3.05) is 51.1 Å². The highest BCUT2D eigenvalue weighted by Gasteiger charge is 2.10. The molecule has 0 aromatic carbocycles. The number of ether oxygens (including phenoxy) is 3. The maximum atomic E-state index is 5.86. The van der Waals surface area contributed by atoms with Gasteiger partial charge in [-0.3, -0.25) is 0 Å². The first-order chi connectivity index (χ1) is 10.3. The first-order valence-corrected chi connectivity index (χ1v) is 9.49. The Balaban J connectivity index is 3.64. The monoisotopic (exact) mass is 338 g/mol. The van der Waals surface area contributed by atoms with Gasteiger partial charge in [0, 0.05) is 25.0 Å². The molecular weight excluding hydrogens is 304 g/mol. The van der Waals surface area contributed by atoms with Gasteiger partial charge in [0.2, 0.25) is 0 Å². The van der Waals surface area contributed by atoms with E-state index in [2.05, 4.69) is 39.1 Å². The van der Waals surface area contributed by atoms with Crippen LogP contribution in [-0.2, 0) is 14.2 Å². The van der Waals surface area contributed by atoms with Gasteiger partial charge in [-0.05, 0) is 37.2 Å². The normalized spacial score (nSPS) is 14.3. The number of hydrogen-bond donors (Lipinski definition) is 2. The lowest BCUT2D eigenvalue weighted by Crippen LogP contribution is -2.21. The van der Waals surface area contributed by atoms with E-state index in [1.165, 1.54) is 0 Å². The Bertz CT molecular complexity index is 186. The molecule has 0 spiro atoms. The SMILES string of the molecule is CCC(COCCCS)COCC(CC)COCCCS. The van der Waals surface area contributed by atoms with E-state index < -0.39 is 0 Å². The van der Waals surface area contributed by atoms with Gasteiger partial charge in [0.25, 0.3) is 0 Å². The van der Waals surface area contributed by atoms with E-state index in [1.54, 1.807) is 0 Å². The number of rotatable bonds is 16. The highest BCUT2D eigenvalue weighted by Crippen LogP contribution is 2.09. The third-order valence-corrected chi connectivity index (χ3v) is 4.09. The molecule has 0 radical (unpaired) electrons.